The van der Waals surface area contributed by atoms with Gasteiger partial charge >= 0.3 is 0 Å². The first-order valence-corrected chi connectivity index (χ1v) is 9.79. The zero-order valence-corrected chi connectivity index (χ0v) is 16.3. The fraction of sp³-hybridized carbons (Fsp3) is 0.409. The molecule has 0 aromatic heterocycles. The Morgan fingerprint density at radius 2 is 1.94 bits per heavy atom. The number of ketones is 2. The van der Waals surface area contributed by atoms with E-state index in [1.165, 1.54) is 12.1 Å². The van der Waals surface area contributed by atoms with Crippen molar-refractivity contribution in [2.45, 2.75) is 31.0 Å². The highest BCUT2D eigenvalue weighted by molar-refractivity contribution is 6.15. The quantitative estimate of drug-likeness (QED) is 0.246. The van der Waals surface area contributed by atoms with Crippen LogP contribution in [0.15, 0.2) is 23.5 Å². The van der Waals surface area contributed by atoms with Crippen LogP contribution in [0.2, 0.25) is 0 Å². The van der Waals surface area contributed by atoms with E-state index in [0.29, 0.717) is 11.1 Å². The SMILES string of the molecule is NC(=O)C1C(=O)[C@@]2(O)C(O)=C3C(=O)c4c(O)ccc(C#CCO)c4C[C@H]3C[C@H]2CC1O. The number of nitrogens with two attached hydrogens (primary N) is 1. The molecule has 3 aliphatic rings. The van der Waals surface area contributed by atoms with Crippen LogP contribution in [-0.2, 0) is 16.0 Å². The summed E-state index contributed by atoms with van der Waals surface area (Å²) in [6, 6.07) is 2.78. The number of phenols is 1. The maximum atomic E-state index is 13.3. The Kier molecular flexibility index (Phi) is 4.89. The number of benzene rings is 1. The minimum Gasteiger partial charge on any atom is -0.508 e. The van der Waals surface area contributed by atoms with Gasteiger partial charge in [0, 0.05) is 17.1 Å². The lowest BCUT2D eigenvalue weighted by atomic mass is 9.57. The van der Waals surface area contributed by atoms with Crippen molar-refractivity contribution in [2.24, 2.45) is 23.5 Å². The van der Waals surface area contributed by atoms with Gasteiger partial charge in [-0.15, -0.1) is 0 Å². The van der Waals surface area contributed by atoms with Crippen LogP contribution in [-0.4, -0.2) is 61.3 Å². The van der Waals surface area contributed by atoms with Crippen molar-refractivity contribution >= 4 is 17.5 Å². The molecule has 7 N–H and O–H groups in total. The van der Waals surface area contributed by atoms with Crippen molar-refractivity contribution in [2.75, 3.05) is 6.61 Å². The second kappa shape index (κ2) is 7.20. The number of aliphatic hydroxyl groups excluding tert-OH is 3. The largest absolute Gasteiger partial charge is 0.508 e. The molecule has 5 atom stereocenters. The van der Waals surface area contributed by atoms with Crippen LogP contribution in [0.4, 0.5) is 0 Å². The smallest absolute Gasteiger partial charge is 0.230 e. The number of Topliss-reactive ketones (excluding diaryl/α,β-unsaturated/α-hetero) is 2. The molecule has 0 spiro atoms. The monoisotopic (exact) mass is 427 g/mol. The molecule has 0 heterocycles. The van der Waals surface area contributed by atoms with E-state index >= 15 is 0 Å². The van der Waals surface area contributed by atoms with Crippen LogP contribution in [0.1, 0.15) is 34.3 Å². The maximum Gasteiger partial charge on any atom is 0.230 e. The molecule has 1 aromatic rings. The van der Waals surface area contributed by atoms with Crippen LogP contribution in [0.25, 0.3) is 0 Å². The number of carbonyl (C=O) groups excluding carboxylic acids is 3. The first-order chi connectivity index (χ1) is 14.6. The molecule has 0 saturated heterocycles. The number of hydrogen-bond acceptors (Lipinski definition) is 8. The molecule has 1 amide bonds. The summed E-state index contributed by atoms with van der Waals surface area (Å²) in [5, 5.41) is 51.6. The molecule has 9 nitrogen and oxygen atoms in total. The summed E-state index contributed by atoms with van der Waals surface area (Å²) in [5.74, 6) is -2.24. The van der Waals surface area contributed by atoms with E-state index < -0.39 is 59.3 Å². The molecule has 31 heavy (non-hydrogen) atoms. The van der Waals surface area contributed by atoms with E-state index in [1.807, 2.05) is 0 Å². The lowest BCUT2D eigenvalue weighted by Crippen LogP contribution is -2.63. The summed E-state index contributed by atoms with van der Waals surface area (Å²) in [4.78, 5) is 37.9. The van der Waals surface area contributed by atoms with Gasteiger partial charge in [-0.25, -0.2) is 0 Å². The number of hydrogen-bond donors (Lipinski definition) is 6. The van der Waals surface area contributed by atoms with Crippen molar-refractivity contribution in [3.05, 3.63) is 40.2 Å². The van der Waals surface area contributed by atoms with Gasteiger partial charge < -0.3 is 31.3 Å². The van der Waals surface area contributed by atoms with Crippen LogP contribution >= 0.6 is 0 Å². The summed E-state index contributed by atoms with van der Waals surface area (Å²) in [5.41, 5.74) is 3.26. The van der Waals surface area contributed by atoms with E-state index in [4.69, 9.17) is 10.8 Å². The van der Waals surface area contributed by atoms with E-state index in [2.05, 4.69) is 11.8 Å². The minimum absolute atomic E-state index is 0.0812. The Hall–Kier alpha value is -3.19. The number of aromatic hydroxyl groups is 1. The summed E-state index contributed by atoms with van der Waals surface area (Å²) in [7, 11) is 0. The van der Waals surface area contributed by atoms with Gasteiger partial charge in [-0.05, 0) is 42.9 Å². The van der Waals surface area contributed by atoms with Crippen LogP contribution in [0.5, 0.6) is 5.75 Å². The predicted molar refractivity (Wildman–Crippen MR) is 105 cm³/mol. The third kappa shape index (κ3) is 2.87. The van der Waals surface area contributed by atoms with E-state index in [-0.39, 0.29) is 36.1 Å². The Morgan fingerprint density at radius 3 is 2.58 bits per heavy atom. The molecule has 9 heteroatoms. The summed E-state index contributed by atoms with van der Waals surface area (Å²) in [6.07, 6.45) is -1.31. The van der Waals surface area contributed by atoms with E-state index in [9.17, 15) is 34.8 Å². The standard InChI is InChI=1S/C22H21NO8/c23-21(30)17-14(26)8-11-6-10-7-12-9(2-1-5-24)3-4-13(25)16(12)18(27)15(10)19(28)22(11,31)20(17)29/h3-4,10-11,14,17,24-26,28,31H,5-8H2,(H2,23,30)/t10-,11+,14?,17?,22+/m1/s1. The molecule has 0 aliphatic heterocycles. The fourth-order valence-corrected chi connectivity index (χ4v) is 5.18. The highest BCUT2D eigenvalue weighted by atomic mass is 16.3. The Balaban J connectivity index is 1.89. The number of aliphatic hydroxyl groups is 4. The fourth-order valence-electron chi connectivity index (χ4n) is 5.18. The molecule has 2 unspecified atom stereocenters. The molecule has 1 saturated carbocycles. The number of rotatable bonds is 1. The molecule has 162 valence electrons. The number of phenolic OH excluding ortho intramolecular Hbond substituents is 1. The third-order valence-corrected chi connectivity index (χ3v) is 6.57. The van der Waals surface area contributed by atoms with Crippen molar-refractivity contribution in [1.82, 2.24) is 0 Å². The lowest BCUT2D eigenvalue weighted by molar-refractivity contribution is -0.167. The molecule has 0 radical (unpaired) electrons. The normalized spacial score (nSPS) is 31.8. The van der Waals surface area contributed by atoms with Crippen LogP contribution < -0.4 is 5.73 Å². The number of primary amides is 1. The molecule has 1 fully saturated rings. The highest BCUT2D eigenvalue weighted by Crippen LogP contribution is 2.51. The Morgan fingerprint density at radius 1 is 1.23 bits per heavy atom. The third-order valence-electron chi connectivity index (χ3n) is 6.57. The van der Waals surface area contributed by atoms with E-state index in [0.717, 1.165) is 0 Å². The van der Waals surface area contributed by atoms with Crippen molar-refractivity contribution in [3.63, 3.8) is 0 Å². The number of allylic oxidation sites excluding steroid dienone is 1. The summed E-state index contributed by atoms with van der Waals surface area (Å²) < 4.78 is 0. The van der Waals surface area contributed by atoms with Gasteiger partial charge in [-0.1, -0.05) is 11.8 Å². The average Bonchev–Trinajstić information content (AvgIpc) is 2.70. The Labute approximate surface area is 176 Å². The molecule has 1 aromatic carbocycles. The van der Waals surface area contributed by atoms with Gasteiger partial charge in [0.05, 0.1) is 11.7 Å². The molecule has 4 rings (SSSR count). The first-order valence-electron chi connectivity index (χ1n) is 9.79. The van der Waals surface area contributed by atoms with Gasteiger partial charge in [0.15, 0.2) is 17.2 Å². The van der Waals surface area contributed by atoms with Crippen LogP contribution in [0, 0.1) is 29.6 Å². The average molecular weight is 427 g/mol. The topological polar surface area (TPSA) is 178 Å². The molecule has 3 aliphatic carbocycles. The molecule has 0 bridgehead atoms. The maximum absolute atomic E-state index is 13.3. The summed E-state index contributed by atoms with van der Waals surface area (Å²) >= 11 is 0. The van der Waals surface area contributed by atoms with Gasteiger partial charge in [0.2, 0.25) is 5.91 Å². The van der Waals surface area contributed by atoms with Crippen molar-refractivity contribution in [1.29, 1.82) is 0 Å². The second-order valence-electron chi connectivity index (χ2n) is 8.18. The van der Waals surface area contributed by atoms with Crippen molar-refractivity contribution < 1.29 is 39.9 Å². The number of amides is 1. The zero-order valence-electron chi connectivity index (χ0n) is 16.3. The molecular weight excluding hydrogens is 406 g/mol. The lowest BCUT2D eigenvalue weighted by Gasteiger charge is -2.48. The zero-order chi connectivity index (χ0) is 22.7. The molecular formula is C22H21NO8. The summed E-state index contributed by atoms with van der Waals surface area (Å²) in [6.45, 7) is -0.394. The van der Waals surface area contributed by atoms with E-state index in [1.54, 1.807) is 0 Å². The van der Waals surface area contributed by atoms with Gasteiger partial charge in [-0.3, -0.25) is 14.4 Å². The Bertz CT molecular complexity index is 1110. The van der Waals surface area contributed by atoms with Gasteiger partial charge in [-0.2, -0.15) is 0 Å². The second-order valence-corrected chi connectivity index (χ2v) is 8.18. The number of carbonyl (C=O) groups is 3. The van der Waals surface area contributed by atoms with Crippen LogP contribution in [0.3, 0.4) is 0 Å². The first kappa shape index (κ1) is 21.1. The minimum atomic E-state index is -2.53. The highest BCUT2D eigenvalue weighted by Gasteiger charge is 2.62. The predicted octanol–water partition coefficient (Wildman–Crippen LogP) is -0.911. The van der Waals surface area contributed by atoms with Crippen molar-refractivity contribution in [3.8, 4) is 17.6 Å². The van der Waals surface area contributed by atoms with Gasteiger partial charge in [0.1, 0.15) is 24.0 Å². The van der Waals surface area contributed by atoms with Gasteiger partial charge in [0.25, 0.3) is 0 Å². The number of fused-ring (bicyclic) bond motifs is 3.